The van der Waals surface area contributed by atoms with Crippen molar-refractivity contribution in [1.82, 2.24) is 0 Å². The average molecular weight is 234 g/mol. The summed E-state index contributed by atoms with van der Waals surface area (Å²) in [6, 6.07) is 4.65. The molecular formula is C9H12ClNO2S. The molecule has 3 nitrogen and oxygen atoms in total. The first-order chi connectivity index (χ1) is 6.63. The highest BCUT2D eigenvalue weighted by molar-refractivity contribution is 7.86. The summed E-state index contributed by atoms with van der Waals surface area (Å²) in [5, 5.41) is 9.40. The van der Waals surface area contributed by atoms with E-state index in [1.807, 2.05) is 6.92 Å². The summed E-state index contributed by atoms with van der Waals surface area (Å²) in [5.41, 5.74) is 0.652. The van der Waals surface area contributed by atoms with Crippen LogP contribution in [-0.4, -0.2) is 15.1 Å². The highest BCUT2D eigenvalue weighted by atomic mass is 35.5. The number of hydrogen-bond donors (Lipinski definition) is 2. The molecule has 1 rings (SSSR count). The van der Waals surface area contributed by atoms with Crippen LogP contribution in [-0.2, 0) is 11.0 Å². The normalized spacial score (nSPS) is 12.4. The van der Waals surface area contributed by atoms with Gasteiger partial charge in [0.05, 0.1) is 5.02 Å². The van der Waals surface area contributed by atoms with Gasteiger partial charge in [-0.15, -0.1) is 0 Å². The van der Waals surface area contributed by atoms with E-state index in [0.29, 0.717) is 11.4 Å². The molecule has 0 saturated heterocycles. The minimum atomic E-state index is -1.08. The largest absolute Gasteiger partial charge is 0.506 e. The second-order valence-electron chi connectivity index (χ2n) is 2.82. The molecule has 1 aromatic carbocycles. The van der Waals surface area contributed by atoms with Crippen LogP contribution in [0, 0.1) is 0 Å². The van der Waals surface area contributed by atoms with Crippen molar-refractivity contribution in [2.45, 2.75) is 13.3 Å². The number of hydrogen-bond acceptors (Lipinski definition) is 2. The zero-order valence-corrected chi connectivity index (χ0v) is 9.36. The zero-order valence-electron chi connectivity index (χ0n) is 7.79. The molecule has 0 bridgehead atoms. The van der Waals surface area contributed by atoms with Gasteiger partial charge >= 0.3 is 0 Å². The SMILES string of the molecule is CCCS(=O)Nc1ccc(O)c(Cl)c1. The Morgan fingerprint density at radius 1 is 1.57 bits per heavy atom. The Morgan fingerprint density at radius 3 is 2.86 bits per heavy atom. The monoisotopic (exact) mass is 233 g/mol. The van der Waals surface area contributed by atoms with Crippen molar-refractivity contribution < 1.29 is 9.32 Å². The molecule has 0 saturated carbocycles. The van der Waals surface area contributed by atoms with Gasteiger partial charge in [0, 0.05) is 11.4 Å². The predicted octanol–water partition coefficient (Wildman–Crippen LogP) is 2.53. The van der Waals surface area contributed by atoms with E-state index in [-0.39, 0.29) is 10.8 Å². The fourth-order valence-corrected chi connectivity index (χ4v) is 1.98. The Labute approximate surface area is 90.7 Å². The molecule has 14 heavy (non-hydrogen) atoms. The Kier molecular flexibility index (Phi) is 4.22. The van der Waals surface area contributed by atoms with Crippen LogP contribution in [0.3, 0.4) is 0 Å². The maximum Gasteiger partial charge on any atom is 0.134 e. The van der Waals surface area contributed by atoms with Crippen LogP contribution in [0.25, 0.3) is 0 Å². The number of rotatable bonds is 4. The van der Waals surface area contributed by atoms with Crippen molar-refractivity contribution in [1.29, 1.82) is 0 Å². The molecule has 0 fully saturated rings. The van der Waals surface area contributed by atoms with Crippen molar-refractivity contribution in [3.8, 4) is 5.75 Å². The van der Waals surface area contributed by atoms with Crippen LogP contribution >= 0.6 is 11.6 Å². The molecule has 1 unspecified atom stereocenters. The Hall–Kier alpha value is -0.740. The number of phenolic OH excluding ortho intramolecular Hbond substituents is 1. The highest BCUT2D eigenvalue weighted by Gasteiger charge is 2.02. The highest BCUT2D eigenvalue weighted by Crippen LogP contribution is 2.26. The number of nitrogens with one attached hydrogen (secondary N) is 1. The van der Waals surface area contributed by atoms with Crippen molar-refractivity contribution in [2.75, 3.05) is 10.5 Å². The van der Waals surface area contributed by atoms with Gasteiger partial charge in [-0.3, -0.25) is 0 Å². The van der Waals surface area contributed by atoms with E-state index in [9.17, 15) is 4.21 Å². The Morgan fingerprint density at radius 2 is 2.29 bits per heavy atom. The van der Waals surface area contributed by atoms with Gasteiger partial charge in [0.25, 0.3) is 0 Å². The predicted molar refractivity (Wildman–Crippen MR) is 60.0 cm³/mol. The van der Waals surface area contributed by atoms with Crippen LogP contribution in [0.15, 0.2) is 18.2 Å². The third-order valence-corrected chi connectivity index (χ3v) is 3.11. The lowest BCUT2D eigenvalue weighted by molar-refractivity contribution is 0.475. The standard InChI is InChI=1S/C9H12ClNO2S/c1-2-5-14(13)11-7-3-4-9(12)8(10)6-7/h3-4,6,11-12H,2,5H2,1H3. The van der Waals surface area contributed by atoms with Crippen molar-refractivity contribution in [3.05, 3.63) is 23.2 Å². The van der Waals surface area contributed by atoms with E-state index >= 15 is 0 Å². The number of benzene rings is 1. The van der Waals surface area contributed by atoms with Crippen LogP contribution < -0.4 is 4.72 Å². The van der Waals surface area contributed by atoms with Gasteiger partial charge in [-0.05, 0) is 24.6 Å². The Bertz CT molecular complexity index is 344. The molecule has 2 N–H and O–H groups in total. The minimum absolute atomic E-state index is 0.0264. The van der Waals surface area contributed by atoms with Gasteiger partial charge in [0.2, 0.25) is 0 Å². The molecule has 0 aliphatic heterocycles. The summed E-state index contributed by atoms with van der Waals surface area (Å²) in [4.78, 5) is 0. The molecule has 1 aromatic rings. The van der Waals surface area contributed by atoms with Crippen LogP contribution in [0.5, 0.6) is 5.75 Å². The second-order valence-corrected chi connectivity index (χ2v) is 4.53. The summed E-state index contributed by atoms with van der Waals surface area (Å²) in [6.07, 6.45) is 0.853. The van der Waals surface area contributed by atoms with Crippen LogP contribution in [0.1, 0.15) is 13.3 Å². The molecule has 1 atom stereocenters. The van der Waals surface area contributed by atoms with E-state index in [4.69, 9.17) is 16.7 Å². The average Bonchev–Trinajstić information content (AvgIpc) is 2.12. The fraction of sp³-hybridized carbons (Fsp3) is 0.333. The van der Waals surface area contributed by atoms with E-state index in [2.05, 4.69) is 4.72 Å². The van der Waals surface area contributed by atoms with Gasteiger partial charge in [0.1, 0.15) is 16.7 Å². The first-order valence-electron chi connectivity index (χ1n) is 4.27. The smallest absolute Gasteiger partial charge is 0.134 e. The van der Waals surface area contributed by atoms with Gasteiger partial charge in [-0.1, -0.05) is 18.5 Å². The van der Waals surface area contributed by atoms with E-state index < -0.39 is 11.0 Å². The minimum Gasteiger partial charge on any atom is -0.506 e. The quantitative estimate of drug-likeness (QED) is 0.786. The van der Waals surface area contributed by atoms with E-state index in [1.54, 1.807) is 12.1 Å². The molecule has 78 valence electrons. The summed E-state index contributed by atoms with van der Waals surface area (Å²) in [6.45, 7) is 1.96. The summed E-state index contributed by atoms with van der Waals surface area (Å²) in [7, 11) is -1.08. The first-order valence-corrected chi connectivity index (χ1v) is 5.96. The number of anilines is 1. The van der Waals surface area contributed by atoms with Crippen LogP contribution in [0.4, 0.5) is 5.69 Å². The van der Waals surface area contributed by atoms with Crippen molar-refractivity contribution in [3.63, 3.8) is 0 Å². The van der Waals surface area contributed by atoms with E-state index in [0.717, 1.165) is 6.42 Å². The lowest BCUT2D eigenvalue weighted by Crippen LogP contribution is -2.07. The number of halogens is 1. The first kappa shape index (κ1) is 11.3. The molecule has 0 aromatic heterocycles. The molecule has 0 heterocycles. The molecule has 0 radical (unpaired) electrons. The topological polar surface area (TPSA) is 49.3 Å². The van der Waals surface area contributed by atoms with Crippen LogP contribution in [0.2, 0.25) is 5.02 Å². The molecular weight excluding hydrogens is 222 g/mol. The summed E-state index contributed by atoms with van der Waals surface area (Å²) >= 11 is 5.69. The Balaban J connectivity index is 2.68. The molecule has 0 amide bonds. The van der Waals surface area contributed by atoms with Gasteiger partial charge in [0.15, 0.2) is 0 Å². The van der Waals surface area contributed by atoms with E-state index in [1.165, 1.54) is 6.07 Å². The molecule has 0 spiro atoms. The molecule has 0 aliphatic rings. The third kappa shape index (κ3) is 3.20. The van der Waals surface area contributed by atoms with Gasteiger partial charge < -0.3 is 9.83 Å². The fourth-order valence-electron chi connectivity index (χ4n) is 0.938. The second kappa shape index (κ2) is 5.22. The zero-order chi connectivity index (χ0) is 10.6. The van der Waals surface area contributed by atoms with Gasteiger partial charge in [-0.2, -0.15) is 0 Å². The molecule has 5 heteroatoms. The summed E-state index contributed by atoms with van der Waals surface area (Å²) < 4.78 is 14.1. The maximum absolute atomic E-state index is 11.3. The van der Waals surface area contributed by atoms with Gasteiger partial charge in [-0.25, -0.2) is 4.21 Å². The number of phenols is 1. The third-order valence-electron chi connectivity index (χ3n) is 1.57. The molecule has 0 aliphatic carbocycles. The lowest BCUT2D eigenvalue weighted by atomic mass is 10.3. The van der Waals surface area contributed by atoms with Crippen molar-refractivity contribution in [2.24, 2.45) is 0 Å². The number of aromatic hydroxyl groups is 1. The summed E-state index contributed by atoms with van der Waals surface area (Å²) in [5.74, 6) is 0.622. The van der Waals surface area contributed by atoms with Crippen molar-refractivity contribution >= 4 is 28.3 Å². The lowest BCUT2D eigenvalue weighted by Gasteiger charge is -2.05. The maximum atomic E-state index is 11.3.